The van der Waals surface area contributed by atoms with Crippen LogP contribution in [0.3, 0.4) is 0 Å². The molecule has 0 spiro atoms. The number of aromatic amines is 1. The molecule has 1 atom stereocenters. The summed E-state index contributed by atoms with van der Waals surface area (Å²) in [6.07, 6.45) is 0.723. The Bertz CT molecular complexity index is 777. The number of aryl methyl sites for hydroxylation is 1. The van der Waals surface area contributed by atoms with Crippen molar-refractivity contribution < 1.29 is 14.3 Å². The summed E-state index contributed by atoms with van der Waals surface area (Å²) in [5, 5.41) is 3.05. The largest absolute Gasteiger partial charge is 0.493 e. The Labute approximate surface area is 135 Å². The van der Waals surface area contributed by atoms with Gasteiger partial charge in [-0.05, 0) is 32.4 Å². The smallest absolute Gasteiger partial charge is 0.268 e. The molecule has 23 heavy (non-hydrogen) atoms. The number of carbonyl (C=O) groups excluding carboxylic acids is 2. The van der Waals surface area contributed by atoms with E-state index in [1.807, 2.05) is 31.2 Å². The number of ether oxygens (including phenoxy) is 1. The van der Waals surface area contributed by atoms with E-state index in [-0.39, 0.29) is 17.7 Å². The Balaban J connectivity index is 1.87. The van der Waals surface area contributed by atoms with Crippen molar-refractivity contribution in [3.8, 4) is 5.75 Å². The zero-order valence-corrected chi connectivity index (χ0v) is 13.5. The lowest BCUT2D eigenvalue weighted by Crippen LogP contribution is -2.32. The van der Waals surface area contributed by atoms with Gasteiger partial charge in [-0.25, -0.2) is 0 Å². The Morgan fingerprint density at radius 1 is 1.26 bits per heavy atom. The first-order valence-corrected chi connectivity index (χ1v) is 7.71. The molecule has 0 radical (unpaired) electrons. The summed E-state index contributed by atoms with van der Waals surface area (Å²) in [6, 6.07) is 7.64. The molecule has 2 N–H and O–H groups in total. The molecule has 0 unspecified atom stereocenters. The maximum atomic E-state index is 12.6. The van der Waals surface area contributed by atoms with Gasteiger partial charge in [0.2, 0.25) is 0 Å². The number of para-hydroxylation sites is 1. The van der Waals surface area contributed by atoms with Crippen molar-refractivity contribution in [2.24, 2.45) is 0 Å². The normalized spacial score (nSPS) is 16.4. The molecular formula is C18H20N2O3. The molecule has 120 valence electrons. The summed E-state index contributed by atoms with van der Waals surface area (Å²) in [5.41, 5.74) is 3.47. The zero-order valence-electron chi connectivity index (χ0n) is 13.5. The molecule has 2 aromatic rings. The number of rotatable bonds is 3. The third-order valence-corrected chi connectivity index (χ3v) is 4.28. The molecule has 0 saturated carbocycles. The molecule has 1 amide bonds. The number of ketones is 1. The fourth-order valence-electron chi connectivity index (χ4n) is 3.23. The Kier molecular flexibility index (Phi) is 3.94. The van der Waals surface area contributed by atoms with Crippen LogP contribution in [0.2, 0.25) is 0 Å². The van der Waals surface area contributed by atoms with Gasteiger partial charge in [0, 0.05) is 23.2 Å². The third kappa shape index (κ3) is 2.74. The molecule has 1 aliphatic heterocycles. The molecule has 5 nitrogen and oxygen atoms in total. The summed E-state index contributed by atoms with van der Waals surface area (Å²) in [4.78, 5) is 27.4. The van der Waals surface area contributed by atoms with Crippen LogP contribution in [0.4, 0.5) is 0 Å². The van der Waals surface area contributed by atoms with Gasteiger partial charge in [0.25, 0.3) is 5.91 Å². The molecular weight excluding hydrogens is 292 g/mol. The monoisotopic (exact) mass is 312 g/mol. The number of aromatic nitrogens is 1. The molecule has 2 heterocycles. The van der Waals surface area contributed by atoms with Gasteiger partial charge in [-0.1, -0.05) is 18.2 Å². The lowest BCUT2D eigenvalue weighted by Gasteiger charge is -2.26. The van der Waals surface area contributed by atoms with E-state index >= 15 is 0 Å². The highest BCUT2D eigenvalue weighted by molar-refractivity contribution is 6.02. The number of benzene rings is 1. The van der Waals surface area contributed by atoms with Crippen molar-refractivity contribution in [1.82, 2.24) is 10.3 Å². The van der Waals surface area contributed by atoms with Crippen molar-refractivity contribution in [1.29, 1.82) is 0 Å². The fourth-order valence-corrected chi connectivity index (χ4v) is 3.23. The van der Waals surface area contributed by atoms with Crippen LogP contribution < -0.4 is 10.1 Å². The maximum absolute atomic E-state index is 12.6. The van der Waals surface area contributed by atoms with E-state index in [4.69, 9.17) is 4.74 Å². The molecule has 1 aromatic heterocycles. The highest BCUT2D eigenvalue weighted by Crippen LogP contribution is 2.32. The van der Waals surface area contributed by atoms with Crippen LogP contribution in [-0.4, -0.2) is 23.3 Å². The van der Waals surface area contributed by atoms with Crippen LogP contribution in [0, 0.1) is 13.8 Å². The molecule has 3 rings (SSSR count). The quantitative estimate of drug-likeness (QED) is 0.856. The van der Waals surface area contributed by atoms with Crippen LogP contribution in [0.25, 0.3) is 0 Å². The van der Waals surface area contributed by atoms with Gasteiger partial charge in [-0.2, -0.15) is 0 Å². The Morgan fingerprint density at radius 2 is 2.00 bits per heavy atom. The predicted molar refractivity (Wildman–Crippen MR) is 87.0 cm³/mol. The van der Waals surface area contributed by atoms with E-state index in [0.717, 1.165) is 23.4 Å². The highest BCUT2D eigenvalue weighted by Gasteiger charge is 2.25. The Morgan fingerprint density at radius 3 is 2.70 bits per heavy atom. The lowest BCUT2D eigenvalue weighted by molar-refractivity contribution is 0.0919. The first-order chi connectivity index (χ1) is 11.0. The minimum Gasteiger partial charge on any atom is -0.493 e. The fraction of sp³-hybridized carbons (Fsp3) is 0.333. The maximum Gasteiger partial charge on any atom is 0.268 e. The summed E-state index contributed by atoms with van der Waals surface area (Å²) in [7, 11) is 0. The van der Waals surface area contributed by atoms with E-state index < -0.39 is 0 Å². The van der Waals surface area contributed by atoms with Crippen LogP contribution in [0.1, 0.15) is 57.1 Å². The van der Waals surface area contributed by atoms with Gasteiger partial charge >= 0.3 is 0 Å². The summed E-state index contributed by atoms with van der Waals surface area (Å²) >= 11 is 0. The standard InChI is InChI=1S/C18H20N2O3/c1-10-16(12(3)21)11(2)19-17(10)18(22)20-14-8-9-23-15-7-5-4-6-13(14)15/h4-7,14,19H,8-9H2,1-3H3,(H,20,22)/t14-/m0/s1. The van der Waals surface area contributed by atoms with E-state index in [1.54, 1.807) is 6.92 Å². The number of fused-ring (bicyclic) bond motifs is 1. The van der Waals surface area contributed by atoms with Crippen molar-refractivity contribution in [3.05, 3.63) is 52.3 Å². The van der Waals surface area contributed by atoms with Gasteiger partial charge < -0.3 is 15.0 Å². The second-order valence-electron chi connectivity index (χ2n) is 5.88. The summed E-state index contributed by atoms with van der Waals surface area (Å²) < 4.78 is 5.62. The number of nitrogens with one attached hydrogen (secondary N) is 2. The topological polar surface area (TPSA) is 71.2 Å². The van der Waals surface area contributed by atoms with Crippen molar-refractivity contribution in [3.63, 3.8) is 0 Å². The summed E-state index contributed by atoms with van der Waals surface area (Å²) in [5.74, 6) is 0.583. The van der Waals surface area contributed by atoms with Gasteiger partial charge in [0.15, 0.2) is 5.78 Å². The van der Waals surface area contributed by atoms with Gasteiger partial charge in [-0.15, -0.1) is 0 Å². The number of hydrogen-bond donors (Lipinski definition) is 2. The number of hydrogen-bond acceptors (Lipinski definition) is 3. The number of H-pyrrole nitrogens is 1. The molecule has 0 aliphatic carbocycles. The second kappa shape index (κ2) is 5.91. The predicted octanol–water partition coefficient (Wildman–Crippen LogP) is 3.09. The molecule has 0 saturated heterocycles. The van der Waals surface area contributed by atoms with E-state index in [0.29, 0.717) is 23.4 Å². The first kappa shape index (κ1) is 15.3. The summed E-state index contributed by atoms with van der Waals surface area (Å²) in [6.45, 7) is 5.69. The minimum absolute atomic E-state index is 0.0355. The molecule has 0 bridgehead atoms. The number of Topliss-reactive ketones (excluding diaryl/α,β-unsaturated/α-hetero) is 1. The van der Waals surface area contributed by atoms with Crippen molar-refractivity contribution >= 4 is 11.7 Å². The SMILES string of the molecule is CC(=O)c1c(C)[nH]c(C(=O)N[C@H]2CCOc3ccccc32)c1C. The molecule has 0 fully saturated rings. The van der Waals surface area contributed by atoms with Crippen LogP contribution in [0.5, 0.6) is 5.75 Å². The minimum atomic E-state index is -0.195. The average molecular weight is 312 g/mol. The molecule has 1 aromatic carbocycles. The van der Waals surface area contributed by atoms with Crippen LogP contribution in [-0.2, 0) is 0 Å². The van der Waals surface area contributed by atoms with Gasteiger partial charge in [0.1, 0.15) is 11.4 Å². The number of amides is 1. The first-order valence-electron chi connectivity index (χ1n) is 7.71. The van der Waals surface area contributed by atoms with Gasteiger partial charge in [0.05, 0.1) is 12.6 Å². The lowest BCUT2D eigenvalue weighted by atomic mass is 10.00. The Hall–Kier alpha value is -2.56. The third-order valence-electron chi connectivity index (χ3n) is 4.28. The van der Waals surface area contributed by atoms with E-state index in [1.165, 1.54) is 6.92 Å². The van der Waals surface area contributed by atoms with Crippen molar-refractivity contribution in [2.75, 3.05) is 6.61 Å². The van der Waals surface area contributed by atoms with Crippen molar-refractivity contribution in [2.45, 2.75) is 33.2 Å². The van der Waals surface area contributed by atoms with Crippen LogP contribution >= 0.6 is 0 Å². The second-order valence-corrected chi connectivity index (χ2v) is 5.88. The van der Waals surface area contributed by atoms with Crippen LogP contribution in [0.15, 0.2) is 24.3 Å². The zero-order chi connectivity index (χ0) is 16.6. The highest BCUT2D eigenvalue weighted by atomic mass is 16.5. The molecule has 5 heteroatoms. The van der Waals surface area contributed by atoms with Gasteiger partial charge in [-0.3, -0.25) is 9.59 Å². The van der Waals surface area contributed by atoms with E-state index in [2.05, 4.69) is 10.3 Å². The van der Waals surface area contributed by atoms with E-state index in [9.17, 15) is 9.59 Å². The average Bonchev–Trinajstić information content (AvgIpc) is 2.82. The number of carbonyl (C=O) groups is 2. The molecule has 1 aliphatic rings.